The molecule has 1 rings (SSSR count). The van der Waals surface area contributed by atoms with E-state index in [0.29, 0.717) is 13.0 Å². The van der Waals surface area contributed by atoms with Crippen LogP contribution in [0.25, 0.3) is 0 Å². The molecule has 0 radical (unpaired) electrons. The van der Waals surface area contributed by atoms with Gasteiger partial charge in [0.1, 0.15) is 5.41 Å². The fraction of sp³-hybridized carbons (Fsp3) is 0.769. The van der Waals surface area contributed by atoms with Crippen LogP contribution in [0, 0.1) is 11.3 Å². The summed E-state index contributed by atoms with van der Waals surface area (Å²) in [6.45, 7) is 4.70. The maximum absolute atomic E-state index is 12.4. The van der Waals surface area contributed by atoms with E-state index in [-0.39, 0.29) is 35.3 Å². The average Bonchev–Trinajstić information content (AvgIpc) is 2.28. The van der Waals surface area contributed by atoms with Gasteiger partial charge in [-0.1, -0.05) is 20.3 Å². The van der Waals surface area contributed by atoms with Gasteiger partial charge in [0, 0.05) is 0 Å². The van der Waals surface area contributed by atoms with E-state index in [1.807, 2.05) is 25.9 Å². The molecule has 0 aromatic heterocycles. The van der Waals surface area contributed by atoms with Crippen LogP contribution in [0.2, 0.25) is 0 Å². The third kappa shape index (κ3) is 3.90. The fourth-order valence-corrected chi connectivity index (χ4v) is 2.75. The molecule has 0 bridgehead atoms. The highest BCUT2D eigenvalue weighted by atomic mass is 35.5. The number of nitrogens with zero attached hydrogens (tertiary/aromatic N) is 1. The van der Waals surface area contributed by atoms with Gasteiger partial charge in [0.2, 0.25) is 11.8 Å². The minimum Gasteiger partial charge on any atom is -0.309 e. The Morgan fingerprint density at radius 1 is 1.25 bits per heavy atom. The van der Waals surface area contributed by atoms with Crippen LogP contribution in [0.15, 0.2) is 0 Å². The lowest BCUT2D eigenvalue weighted by molar-refractivity contribution is -0.148. The number of thiocarbonyl (C=S) groups is 1. The molecule has 1 heterocycles. The van der Waals surface area contributed by atoms with Crippen molar-refractivity contribution in [3.63, 3.8) is 0 Å². The fourth-order valence-electron chi connectivity index (χ4n) is 2.56. The van der Waals surface area contributed by atoms with Crippen LogP contribution < -0.4 is 10.6 Å². The second-order valence-electron chi connectivity index (χ2n) is 5.45. The predicted octanol–water partition coefficient (Wildman–Crippen LogP) is 1.31. The van der Waals surface area contributed by atoms with Gasteiger partial charge >= 0.3 is 0 Å². The Balaban J connectivity index is 0.00000361. The van der Waals surface area contributed by atoms with Crippen LogP contribution in [0.3, 0.4) is 0 Å². The topological polar surface area (TPSA) is 61.4 Å². The Labute approximate surface area is 132 Å². The van der Waals surface area contributed by atoms with Crippen molar-refractivity contribution in [1.82, 2.24) is 15.5 Å². The lowest BCUT2D eigenvalue weighted by atomic mass is 9.69. The number of carbonyl (C=O) groups excluding carboxylic acids is 2. The van der Waals surface area contributed by atoms with Crippen molar-refractivity contribution in [2.45, 2.75) is 33.1 Å². The van der Waals surface area contributed by atoms with Crippen LogP contribution >= 0.6 is 24.6 Å². The molecule has 116 valence electrons. The average molecular weight is 322 g/mol. The minimum absolute atomic E-state index is 0. The van der Waals surface area contributed by atoms with E-state index >= 15 is 0 Å². The van der Waals surface area contributed by atoms with Gasteiger partial charge in [-0.3, -0.25) is 9.59 Å². The van der Waals surface area contributed by atoms with Gasteiger partial charge < -0.3 is 15.5 Å². The van der Waals surface area contributed by atoms with Crippen LogP contribution in [0.5, 0.6) is 0 Å². The summed E-state index contributed by atoms with van der Waals surface area (Å²) < 4.78 is 0. The van der Waals surface area contributed by atoms with E-state index < -0.39 is 5.41 Å². The first-order valence-corrected chi connectivity index (χ1v) is 7.07. The van der Waals surface area contributed by atoms with Gasteiger partial charge in [0.25, 0.3) is 0 Å². The largest absolute Gasteiger partial charge is 0.309 e. The van der Waals surface area contributed by atoms with Gasteiger partial charge in [-0.25, -0.2) is 0 Å². The number of halogens is 1. The molecule has 20 heavy (non-hydrogen) atoms. The number of nitrogens with one attached hydrogen (secondary N) is 2. The molecule has 1 saturated heterocycles. The van der Waals surface area contributed by atoms with Crippen molar-refractivity contribution in [3.05, 3.63) is 0 Å². The van der Waals surface area contributed by atoms with Crippen LogP contribution in [-0.4, -0.2) is 42.5 Å². The molecular weight excluding hydrogens is 298 g/mol. The Hall–Kier alpha value is -0.720. The molecule has 0 aliphatic carbocycles. The molecule has 0 spiro atoms. The van der Waals surface area contributed by atoms with Crippen LogP contribution in [0.1, 0.15) is 33.1 Å². The molecule has 1 fully saturated rings. The van der Waals surface area contributed by atoms with Crippen molar-refractivity contribution in [3.8, 4) is 0 Å². The maximum Gasteiger partial charge on any atom is 0.242 e. The zero-order chi connectivity index (χ0) is 14.6. The Morgan fingerprint density at radius 2 is 1.75 bits per heavy atom. The molecule has 0 aromatic rings. The van der Waals surface area contributed by atoms with Gasteiger partial charge in [0.05, 0.1) is 0 Å². The highest BCUT2D eigenvalue weighted by molar-refractivity contribution is 7.80. The standard InChI is InChI=1S/C13H23N3O2S.ClH/c1-5-6-9(2)13(7-8-16(3)4)10(17)14-12(19)15-11(13)18;/h9H,5-8H2,1-4H3,(H2,14,15,17,18,19);1H. The smallest absolute Gasteiger partial charge is 0.242 e. The molecule has 1 aliphatic heterocycles. The van der Waals surface area contributed by atoms with Crippen molar-refractivity contribution < 1.29 is 9.59 Å². The molecule has 7 heteroatoms. The summed E-state index contributed by atoms with van der Waals surface area (Å²) in [6.07, 6.45) is 2.28. The highest BCUT2D eigenvalue weighted by Crippen LogP contribution is 2.37. The molecule has 2 amide bonds. The number of hydrogen-bond donors (Lipinski definition) is 2. The molecule has 1 aliphatic rings. The lowest BCUT2D eigenvalue weighted by Crippen LogP contribution is -2.65. The van der Waals surface area contributed by atoms with E-state index in [9.17, 15) is 9.59 Å². The van der Waals surface area contributed by atoms with E-state index in [1.54, 1.807) is 0 Å². The third-order valence-corrected chi connectivity index (χ3v) is 3.98. The maximum atomic E-state index is 12.4. The van der Waals surface area contributed by atoms with Gasteiger partial charge in [-0.2, -0.15) is 0 Å². The van der Waals surface area contributed by atoms with E-state index in [0.717, 1.165) is 12.8 Å². The number of carbonyl (C=O) groups is 2. The number of rotatable bonds is 6. The molecular formula is C13H24ClN3O2S. The first-order valence-electron chi connectivity index (χ1n) is 6.66. The monoisotopic (exact) mass is 321 g/mol. The SMILES string of the molecule is CCCC(C)C1(CCN(C)C)C(=O)NC(=S)NC1=O.Cl. The summed E-state index contributed by atoms with van der Waals surface area (Å²) in [7, 11) is 3.86. The van der Waals surface area contributed by atoms with Crippen molar-refractivity contribution >= 4 is 41.6 Å². The molecule has 0 saturated carbocycles. The molecule has 1 unspecified atom stereocenters. The second kappa shape index (κ2) is 7.90. The quantitative estimate of drug-likeness (QED) is 0.572. The number of hydrogen-bond acceptors (Lipinski definition) is 4. The zero-order valence-corrected chi connectivity index (χ0v) is 14.1. The zero-order valence-electron chi connectivity index (χ0n) is 12.5. The summed E-state index contributed by atoms with van der Waals surface area (Å²) >= 11 is 4.87. The highest BCUT2D eigenvalue weighted by Gasteiger charge is 2.52. The summed E-state index contributed by atoms with van der Waals surface area (Å²) in [5, 5.41) is 5.32. The first kappa shape index (κ1) is 19.3. The summed E-state index contributed by atoms with van der Waals surface area (Å²) in [6, 6.07) is 0. The van der Waals surface area contributed by atoms with Crippen molar-refractivity contribution in [1.29, 1.82) is 0 Å². The molecule has 0 aromatic carbocycles. The van der Waals surface area contributed by atoms with E-state index in [1.165, 1.54) is 0 Å². The third-order valence-electron chi connectivity index (χ3n) is 3.78. The second-order valence-corrected chi connectivity index (χ2v) is 5.86. The Kier molecular flexibility index (Phi) is 7.62. The molecule has 1 atom stereocenters. The number of amides is 2. The molecule has 2 N–H and O–H groups in total. The van der Waals surface area contributed by atoms with Gasteiger partial charge in [-0.15, -0.1) is 12.4 Å². The van der Waals surface area contributed by atoms with Gasteiger partial charge in [-0.05, 0) is 51.6 Å². The molecule has 5 nitrogen and oxygen atoms in total. The van der Waals surface area contributed by atoms with Crippen LogP contribution in [-0.2, 0) is 9.59 Å². The van der Waals surface area contributed by atoms with E-state index in [4.69, 9.17) is 12.2 Å². The summed E-state index contributed by atoms with van der Waals surface area (Å²) in [4.78, 5) is 26.8. The first-order chi connectivity index (χ1) is 8.84. The van der Waals surface area contributed by atoms with Crippen molar-refractivity contribution in [2.75, 3.05) is 20.6 Å². The van der Waals surface area contributed by atoms with Gasteiger partial charge in [0.15, 0.2) is 5.11 Å². The van der Waals surface area contributed by atoms with E-state index in [2.05, 4.69) is 17.6 Å². The van der Waals surface area contributed by atoms with Crippen LogP contribution in [0.4, 0.5) is 0 Å². The lowest BCUT2D eigenvalue weighted by Gasteiger charge is -2.40. The Morgan fingerprint density at radius 3 is 2.15 bits per heavy atom. The summed E-state index contributed by atoms with van der Waals surface area (Å²) in [5.41, 5.74) is -1.01. The minimum atomic E-state index is -1.01. The predicted molar refractivity (Wildman–Crippen MR) is 85.8 cm³/mol. The van der Waals surface area contributed by atoms with Crippen molar-refractivity contribution in [2.24, 2.45) is 11.3 Å². The normalized spacial score (nSPS) is 19.1. The summed E-state index contributed by atoms with van der Waals surface area (Å²) in [5.74, 6) is -0.534. The Bertz CT molecular complexity index is 368.